The summed E-state index contributed by atoms with van der Waals surface area (Å²) in [5, 5.41) is 5.08. The molecule has 2 rings (SSSR count). The summed E-state index contributed by atoms with van der Waals surface area (Å²) >= 11 is 0. The maximum absolute atomic E-state index is 11.8. The first-order chi connectivity index (χ1) is 7.70. The van der Waals surface area contributed by atoms with Crippen LogP contribution in [0.2, 0.25) is 0 Å². The Morgan fingerprint density at radius 2 is 2.25 bits per heavy atom. The molecule has 0 aromatic carbocycles. The van der Waals surface area contributed by atoms with E-state index < -0.39 is 0 Å². The molecule has 1 aliphatic carbocycles. The van der Waals surface area contributed by atoms with Crippen molar-refractivity contribution in [2.24, 2.45) is 0 Å². The molecule has 16 heavy (non-hydrogen) atoms. The second-order valence-electron chi connectivity index (χ2n) is 4.64. The van der Waals surface area contributed by atoms with Crippen molar-refractivity contribution in [1.29, 1.82) is 0 Å². The summed E-state index contributed by atoms with van der Waals surface area (Å²) in [6, 6.07) is 0.447. The molecule has 0 radical (unpaired) electrons. The Balaban J connectivity index is 1.95. The van der Waals surface area contributed by atoms with Gasteiger partial charge in [-0.15, -0.1) is 0 Å². The zero-order valence-electron chi connectivity index (χ0n) is 9.57. The minimum atomic E-state index is -0.314. The number of piperazine rings is 1. The third kappa shape index (κ3) is 2.35. The van der Waals surface area contributed by atoms with Crippen LogP contribution in [0.1, 0.15) is 32.1 Å². The van der Waals surface area contributed by atoms with Gasteiger partial charge in [0.1, 0.15) is 12.5 Å². The first kappa shape index (κ1) is 11.4. The molecule has 5 heteroatoms. The van der Waals surface area contributed by atoms with E-state index in [2.05, 4.69) is 15.4 Å². The highest BCUT2D eigenvalue weighted by Gasteiger charge is 2.40. The summed E-state index contributed by atoms with van der Waals surface area (Å²) in [4.78, 5) is 22.9. The van der Waals surface area contributed by atoms with Crippen LogP contribution in [0.3, 0.4) is 0 Å². The monoisotopic (exact) mass is 227 g/mol. The summed E-state index contributed by atoms with van der Waals surface area (Å²) < 4.78 is 4.60. The second-order valence-corrected chi connectivity index (χ2v) is 4.64. The van der Waals surface area contributed by atoms with Crippen molar-refractivity contribution < 1.29 is 19.6 Å². The first-order valence-corrected chi connectivity index (χ1v) is 5.93. The standard InChI is InChI=1S/C11H18N2O3/c1-16-10(14)6-9-11(15)13-8-5-3-2-4-7(8)12-9/h7-9,12H,2-6H2,1H3,(H,13,15)/p+1/t7-,8+,9-/m1/s1. The summed E-state index contributed by atoms with van der Waals surface area (Å²) in [5.41, 5.74) is 0. The van der Waals surface area contributed by atoms with Crippen molar-refractivity contribution in [3.63, 3.8) is 0 Å². The summed E-state index contributed by atoms with van der Waals surface area (Å²) in [6.45, 7) is 0. The molecule has 90 valence electrons. The van der Waals surface area contributed by atoms with Crippen molar-refractivity contribution >= 4 is 11.9 Å². The average molecular weight is 227 g/mol. The Morgan fingerprint density at radius 3 is 3.00 bits per heavy atom. The number of hydrogen-bond acceptors (Lipinski definition) is 3. The molecule has 3 N–H and O–H groups in total. The van der Waals surface area contributed by atoms with E-state index in [4.69, 9.17) is 0 Å². The molecule has 0 unspecified atom stereocenters. The van der Waals surface area contributed by atoms with Gasteiger partial charge in [0.15, 0.2) is 6.04 Å². The summed E-state index contributed by atoms with van der Waals surface area (Å²) in [7, 11) is 1.35. The molecule has 1 saturated carbocycles. The van der Waals surface area contributed by atoms with E-state index in [1.54, 1.807) is 0 Å². The number of carbonyl (C=O) groups excluding carboxylic acids is 2. The van der Waals surface area contributed by atoms with E-state index in [1.165, 1.54) is 20.0 Å². The highest BCUT2D eigenvalue weighted by molar-refractivity contribution is 5.85. The van der Waals surface area contributed by atoms with Gasteiger partial charge >= 0.3 is 5.97 Å². The molecular formula is C11H19N2O3+. The van der Waals surface area contributed by atoms with Crippen LogP contribution in [0.25, 0.3) is 0 Å². The number of methoxy groups -OCH3 is 1. The lowest BCUT2D eigenvalue weighted by molar-refractivity contribution is -0.718. The largest absolute Gasteiger partial charge is 0.469 e. The van der Waals surface area contributed by atoms with Crippen molar-refractivity contribution in [2.75, 3.05) is 7.11 Å². The van der Waals surface area contributed by atoms with Gasteiger partial charge in [-0.3, -0.25) is 9.59 Å². The van der Waals surface area contributed by atoms with E-state index in [9.17, 15) is 9.59 Å². The zero-order valence-corrected chi connectivity index (χ0v) is 9.57. The van der Waals surface area contributed by atoms with Crippen LogP contribution in [0, 0.1) is 0 Å². The van der Waals surface area contributed by atoms with E-state index >= 15 is 0 Å². The predicted octanol–water partition coefficient (Wildman–Crippen LogP) is -1.08. The van der Waals surface area contributed by atoms with Crippen LogP contribution in [-0.2, 0) is 14.3 Å². The quantitative estimate of drug-likeness (QED) is 0.590. The minimum Gasteiger partial charge on any atom is -0.469 e. The molecule has 1 amide bonds. The highest BCUT2D eigenvalue weighted by atomic mass is 16.5. The van der Waals surface area contributed by atoms with Gasteiger partial charge in [0, 0.05) is 6.42 Å². The summed E-state index contributed by atoms with van der Waals surface area (Å²) in [6.07, 6.45) is 4.78. The molecule has 0 spiro atoms. The molecule has 1 saturated heterocycles. The smallest absolute Gasteiger partial charge is 0.312 e. The molecular weight excluding hydrogens is 208 g/mol. The van der Waals surface area contributed by atoms with Gasteiger partial charge in [0.2, 0.25) is 0 Å². The molecule has 1 heterocycles. The molecule has 5 nitrogen and oxygen atoms in total. The van der Waals surface area contributed by atoms with Crippen LogP contribution in [0.5, 0.6) is 0 Å². The highest BCUT2D eigenvalue weighted by Crippen LogP contribution is 2.18. The van der Waals surface area contributed by atoms with Crippen molar-refractivity contribution in [3.8, 4) is 0 Å². The van der Waals surface area contributed by atoms with Gasteiger partial charge in [0.05, 0.1) is 13.2 Å². The number of rotatable bonds is 2. The molecule has 2 fully saturated rings. The van der Waals surface area contributed by atoms with E-state index in [1.807, 2.05) is 0 Å². The van der Waals surface area contributed by atoms with Crippen molar-refractivity contribution in [2.45, 2.75) is 50.2 Å². The van der Waals surface area contributed by atoms with Crippen LogP contribution >= 0.6 is 0 Å². The normalized spacial score (nSPS) is 33.8. The van der Waals surface area contributed by atoms with Gasteiger partial charge < -0.3 is 15.4 Å². The number of ether oxygens (including phenoxy) is 1. The molecule has 0 aromatic heterocycles. The van der Waals surface area contributed by atoms with Gasteiger partial charge in [-0.05, 0) is 12.8 Å². The lowest BCUT2D eigenvalue weighted by Crippen LogP contribution is -3.03. The lowest BCUT2D eigenvalue weighted by atomic mass is 9.87. The minimum absolute atomic E-state index is 0.0199. The van der Waals surface area contributed by atoms with Crippen molar-refractivity contribution in [3.05, 3.63) is 0 Å². The van der Waals surface area contributed by atoms with Gasteiger partial charge in [-0.2, -0.15) is 0 Å². The van der Waals surface area contributed by atoms with E-state index in [0.29, 0.717) is 12.1 Å². The second kappa shape index (κ2) is 4.82. The van der Waals surface area contributed by atoms with Crippen LogP contribution in [0.15, 0.2) is 0 Å². The predicted molar refractivity (Wildman–Crippen MR) is 56.5 cm³/mol. The number of nitrogens with one attached hydrogen (secondary N) is 1. The number of hydrogen-bond donors (Lipinski definition) is 2. The molecule has 1 aliphatic heterocycles. The molecule has 3 atom stereocenters. The number of nitrogens with two attached hydrogens (primary N) is 1. The first-order valence-electron chi connectivity index (χ1n) is 5.93. The third-order valence-corrected chi connectivity index (χ3v) is 3.58. The Hall–Kier alpha value is -1.10. The van der Waals surface area contributed by atoms with E-state index in [-0.39, 0.29) is 24.3 Å². The maximum atomic E-state index is 11.8. The third-order valence-electron chi connectivity index (χ3n) is 3.58. The Morgan fingerprint density at radius 1 is 1.50 bits per heavy atom. The topological polar surface area (TPSA) is 72.0 Å². The van der Waals surface area contributed by atoms with Gasteiger partial charge in [-0.1, -0.05) is 6.42 Å². The van der Waals surface area contributed by atoms with Crippen LogP contribution in [-0.4, -0.2) is 37.1 Å². The fourth-order valence-corrected chi connectivity index (χ4v) is 2.67. The fraction of sp³-hybridized carbons (Fsp3) is 0.818. The average Bonchev–Trinajstić information content (AvgIpc) is 2.30. The Kier molecular flexibility index (Phi) is 3.43. The van der Waals surface area contributed by atoms with Gasteiger partial charge in [0.25, 0.3) is 5.91 Å². The van der Waals surface area contributed by atoms with Crippen LogP contribution < -0.4 is 10.6 Å². The lowest BCUT2D eigenvalue weighted by Gasteiger charge is -2.37. The van der Waals surface area contributed by atoms with E-state index in [0.717, 1.165) is 12.8 Å². The van der Waals surface area contributed by atoms with Crippen LogP contribution in [0.4, 0.5) is 0 Å². The maximum Gasteiger partial charge on any atom is 0.312 e. The number of fused-ring (bicyclic) bond motifs is 1. The number of esters is 1. The number of amides is 1. The fourth-order valence-electron chi connectivity index (χ4n) is 2.67. The molecule has 2 aliphatic rings. The molecule has 0 bridgehead atoms. The number of quaternary nitrogens is 1. The Labute approximate surface area is 94.9 Å². The summed E-state index contributed by atoms with van der Waals surface area (Å²) in [5.74, 6) is -0.334. The SMILES string of the molecule is COC(=O)C[C@H]1[NH2+][C@@H]2CCCC[C@@H]2NC1=O. The molecule has 0 aromatic rings. The van der Waals surface area contributed by atoms with Crippen molar-refractivity contribution in [1.82, 2.24) is 5.32 Å². The zero-order chi connectivity index (χ0) is 11.5. The van der Waals surface area contributed by atoms with Gasteiger partial charge in [-0.25, -0.2) is 0 Å². The Bertz CT molecular complexity index is 293. The number of carbonyl (C=O) groups is 2.